The van der Waals surface area contributed by atoms with Gasteiger partial charge in [-0.05, 0) is 194 Å². The summed E-state index contributed by atoms with van der Waals surface area (Å²) < 4.78 is 11.6. The van der Waals surface area contributed by atoms with Crippen molar-refractivity contribution in [1.29, 1.82) is 0 Å². The maximum absolute atomic E-state index is 11.5. The molecule has 0 saturated heterocycles. The first-order chi connectivity index (χ1) is 44.5. The van der Waals surface area contributed by atoms with Crippen LogP contribution in [0.2, 0.25) is 10.4 Å². The second kappa shape index (κ2) is 36.6. The number of carboxylic acids is 1. The fraction of sp³-hybridized carbons (Fsp3) is 0.257. The summed E-state index contributed by atoms with van der Waals surface area (Å²) in [6.07, 6.45) is 8.89. The van der Waals surface area contributed by atoms with Crippen molar-refractivity contribution in [3.05, 3.63) is 208 Å². The van der Waals surface area contributed by atoms with E-state index < -0.39 is 5.97 Å². The van der Waals surface area contributed by atoms with Crippen LogP contribution in [-0.4, -0.2) is 87.3 Å². The molecule has 9 N–H and O–H groups in total. The number of nitrogens with two attached hydrogens (primary N) is 1. The number of fused-ring (bicyclic) bond motifs is 3. The minimum absolute atomic E-state index is 0.0581. The van der Waals surface area contributed by atoms with Gasteiger partial charge in [0.1, 0.15) is 28.2 Å². The van der Waals surface area contributed by atoms with Gasteiger partial charge in [-0.1, -0.05) is 73.1 Å². The van der Waals surface area contributed by atoms with E-state index in [1.165, 1.54) is 0 Å². The minimum Gasteiger partial charge on any atom is -0.508 e. The van der Waals surface area contributed by atoms with E-state index >= 15 is 0 Å². The van der Waals surface area contributed by atoms with Gasteiger partial charge in [0.15, 0.2) is 0 Å². The lowest BCUT2D eigenvalue weighted by Crippen LogP contribution is -2.36. The van der Waals surface area contributed by atoms with Gasteiger partial charge >= 0.3 is 6.01 Å². The number of nitrogen functional groups attached to an aromatic ring is 1. The molecule has 0 atom stereocenters. The fourth-order valence-corrected chi connectivity index (χ4v) is 9.44. The van der Waals surface area contributed by atoms with Crippen LogP contribution in [-0.2, 0) is 38.4 Å². The highest BCUT2D eigenvalue weighted by Crippen LogP contribution is 2.31. The minimum atomic E-state index is -0.833. The Morgan fingerprint density at radius 3 is 1.48 bits per heavy atom. The van der Waals surface area contributed by atoms with Gasteiger partial charge in [-0.15, -0.1) is 0 Å². The van der Waals surface area contributed by atoms with Crippen LogP contribution in [0.4, 0.5) is 45.9 Å². The summed E-state index contributed by atoms with van der Waals surface area (Å²) in [6, 6.07) is 46.6. The number of amides is 3. The number of aryl methyl sites for hydroxylation is 6. The molecule has 0 spiro atoms. The number of ether oxygens (including phenoxy) is 2. The lowest BCUT2D eigenvalue weighted by atomic mass is 10.0. The first kappa shape index (κ1) is 71.9. The van der Waals surface area contributed by atoms with Gasteiger partial charge in [0.25, 0.3) is 5.97 Å². The van der Waals surface area contributed by atoms with Crippen molar-refractivity contribution in [3.63, 3.8) is 0 Å². The van der Waals surface area contributed by atoms with Crippen LogP contribution in [0.3, 0.4) is 0 Å². The molecular weight excluding hydrogens is 1220 g/mol. The molecule has 0 aliphatic carbocycles. The summed E-state index contributed by atoms with van der Waals surface area (Å²) in [5.41, 5.74) is 16.7. The number of aromatic hydroxyl groups is 1. The third kappa shape index (κ3) is 24.8. The zero-order chi connectivity index (χ0) is 67.4. The number of nitrogens with one attached hydrogen (secondary N) is 5. The van der Waals surface area contributed by atoms with Gasteiger partial charge in [-0.3, -0.25) is 24.1 Å². The Balaban J connectivity index is 0.000000188. The lowest BCUT2D eigenvalue weighted by Gasteiger charge is -2.28. The van der Waals surface area contributed by atoms with Gasteiger partial charge < -0.3 is 52.0 Å². The van der Waals surface area contributed by atoms with Crippen LogP contribution >= 0.6 is 23.2 Å². The fourth-order valence-electron chi connectivity index (χ4n) is 9.13. The number of phenolic OH excluding ortho intramolecular Hbond substituents is 1. The van der Waals surface area contributed by atoms with Gasteiger partial charge in [-0.25, -0.2) is 19.9 Å². The molecule has 23 heteroatoms. The Morgan fingerprint density at radius 1 is 0.581 bits per heavy atom. The molecule has 0 unspecified atom stereocenters. The van der Waals surface area contributed by atoms with Crippen molar-refractivity contribution in [2.45, 2.75) is 113 Å². The summed E-state index contributed by atoms with van der Waals surface area (Å²) in [5, 5.41) is 31.7. The second-order valence-corrected chi connectivity index (χ2v) is 22.4. The highest BCUT2D eigenvalue weighted by Gasteiger charge is 2.18. The lowest BCUT2D eigenvalue weighted by molar-refractivity contribution is -0.134. The number of aromatic nitrogens is 6. The van der Waals surface area contributed by atoms with Gasteiger partial charge in [0.2, 0.25) is 34.8 Å². The second-order valence-electron chi connectivity index (χ2n) is 21.7. The average Bonchev–Trinajstić information content (AvgIpc) is 1.06. The van der Waals surface area contributed by atoms with E-state index in [1.807, 2.05) is 136 Å². The Kier molecular flexibility index (Phi) is 28.3. The molecule has 21 nitrogen and oxygen atoms in total. The predicted octanol–water partition coefficient (Wildman–Crippen LogP) is 15.3. The Morgan fingerprint density at radius 2 is 1.03 bits per heavy atom. The van der Waals surface area contributed by atoms with E-state index in [0.29, 0.717) is 65.6 Å². The average molecular weight is 1300 g/mol. The van der Waals surface area contributed by atoms with E-state index in [4.69, 9.17) is 53.4 Å². The van der Waals surface area contributed by atoms with E-state index in [1.54, 1.807) is 48.9 Å². The Labute approximate surface area is 552 Å². The summed E-state index contributed by atoms with van der Waals surface area (Å²) in [5.74, 6) is 2.77. The van der Waals surface area contributed by atoms with Crippen molar-refractivity contribution in [2.24, 2.45) is 0 Å². The maximum Gasteiger partial charge on any atom is 0.323 e. The van der Waals surface area contributed by atoms with Crippen LogP contribution < -0.4 is 41.8 Å². The van der Waals surface area contributed by atoms with Crippen LogP contribution in [0.5, 0.6) is 29.1 Å². The molecule has 0 radical (unpaired) electrons. The first-order valence-electron chi connectivity index (χ1n) is 30.1. The van der Waals surface area contributed by atoms with E-state index in [9.17, 15) is 14.4 Å². The topological polar surface area (TPSA) is 294 Å². The smallest absolute Gasteiger partial charge is 0.323 e. The number of carboxylic acid groups (broad SMARTS) is 1. The molecule has 486 valence electrons. The molecule has 3 aromatic heterocycles. The first-order valence-corrected chi connectivity index (χ1v) is 30.8. The number of carbonyl (C=O) groups is 4. The van der Waals surface area contributed by atoms with Crippen LogP contribution in [0.25, 0.3) is 0 Å². The molecule has 93 heavy (non-hydrogen) atoms. The van der Waals surface area contributed by atoms with Gasteiger partial charge in [-0.2, -0.15) is 9.97 Å². The Bertz CT molecular complexity index is 3900. The highest BCUT2D eigenvalue weighted by atomic mass is 35.5. The molecule has 3 aliphatic heterocycles. The molecule has 3 aliphatic rings. The highest BCUT2D eigenvalue weighted by molar-refractivity contribution is 6.32. The molecule has 0 bridgehead atoms. The van der Waals surface area contributed by atoms with E-state index in [0.717, 1.165) is 106 Å². The van der Waals surface area contributed by atoms with Gasteiger partial charge in [0.05, 0.1) is 0 Å². The number of aliphatic carboxylic acids is 1. The van der Waals surface area contributed by atoms with Crippen molar-refractivity contribution in [3.8, 4) is 29.1 Å². The maximum atomic E-state index is 11.5. The van der Waals surface area contributed by atoms with E-state index in [-0.39, 0.29) is 29.0 Å². The van der Waals surface area contributed by atoms with Crippen LogP contribution in [0.1, 0.15) is 94.2 Å². The quantitative estimate of drug-likeness (QED) is 0.0339. The molecule has 0 saturated carbocycles. The standard InChI is InChI=1S/2C20H18N4O2.C9H10N2O.C8H19N.C6H6O.C5H4Cl2N2.C2H4O2/c1-13-12-21-20(24-19(13)26-16-5-3-2-4-6-16)22-15-8-9-17-14(11-15)7-10-18(25)23-17;1-13-12-21-20(26-16-5-3-2-4-6-16)24-19(13)22-15-8-9-17-14(11-15)7-10-18(25)23-17;10-7-2-3-8-6(5-7)1-4-9(12)11-8;1-6-9(7(2)3)8(4)5;7-6-4-2-1-3-5-6;1-3-2-8-5(7)9-4(3)6;1-2(3)4/h2*2-6,8-9,11-12H,7,10H2,1H3,(H,23,25)(H,21,22,24);2-3,5H,1,4,10H2,(H,11,12);7-8H,6H2,1-5H3;1-5,7H;2H,1H3;1H3,(H,3,4). The number of rotatable bonds is 11. The molecule has 3 amide bonds. The van der Waals surface area contributed by atoms with Crippen molar-refractivity contribution < 1.29 is 38.9 Å². The summed E-state index contributed by atoms with van der Waals surface area (Å²) in [7, 11) is 0. The molecule has 6 heterocycles. The number of carbonyl (C=O) groups excluding carboxylic acids is 3. The zero-order valence-electron chi connectivity index (χ0n) is 53.5. The predicted molar refractivity (Wildman–Crippen MR) is 369 cm³/mol. The van der Waals surface area contributed by atoms with Crippen LogP contribution in [0, 0.1) is 20.8 Å². The summed E-state index contributed by atoms with van der Waals surface area (Å²) >= 11 is 11.0. The number of anilines is 8. The third-order valence-electron chi connectivity index (χ3n) is 13.7. The normalized spacial score (nSPS) is 12.2. The number of nitrogens with zero attached hydrogens (tertiary/aromatic N) is 7. The van der Waals surface area contributed by atoms with E-state index in [2.05, 4.69) is 96.0 Å². The number of hydrogen-bond acceptors (Lipinski definition) is 17. The molecular formula is C70H79Cl2N13O8. The molecule has 9 aromatic rings. The van der Waals surface area contributed by atoms with Crippen molar-refractivity contribution >= 4 is 92.8 Å². The number of benzene rings is 6. The van der Waals surface area contributed by atoms with Crippen molar-refractivity contribution in [1.82, 2.24) is 34.8 Å². The molecule has 12 rings (SSSR count). The van der Waals surface area contributed by atoms with Crippen molar-refractivity contribution in [2.75, 3.05) is 38.9 Å². The Hall–Kier alpha value is -10.2. The zero-order valence-corrected chi connectivity index (χ0v) is 55.0. The largest absolute Gasteiger partial charge is 0.508 e. The number of phenols is 1. The third-order valence-corrected chi connectivity index (χ3v) is 14.2. The SMILES string of the molecule is CC(=O)O.CCN(C(C)C)C(C)C.Cc1cnc(Cl)nc1Cl.Cc1cnc(Nc2ccc3c(c2)CCC(=O)N3)nc1Oc1ccccc1.Cc1cnc(Oc2ccccc2)nc1Nc1ccc2c(c1)CCC(=O)N2.Nc1ccc2c(c1)CCC(=O)N2.Oc1ccccc1. The monoisotopic (exact) mass is 1300 g/mol. The number of halogens is 2. The summed E-state index contributed by atoms with van der Waals surface area (Å²) in [4.78, 5) is 70.3. The van der Waals surface area contributed by atoms with Crippen LogP contribution in [0.15, 0.2) is 164 Å². The van der Waals surface area contributed by atoms with Gasteiger partial charge in [0, 0.05) is 108 Å². The number of hydrogen-bond donors (Lipinski definition) is 8. The number of para-hydroxylation sites is 3. The summed E-state index contributed by atoms with van der Waals surface area (Å²) in [6.45, 7) is 19.1. The molecule has 0 fully saturated rings. The molecule has 6 aromatic carbocycles.